The summed E-state index contributed by atoms with van der Waals surface area (Å²) in [5.41, 5.74) is 7.92. The lowest BCUT2D eigenvalue weighted by molar-refractivity contribution is 0.240. The van der Waals surface area contributed by atoms with Gasteiger partial charge in [-0.2, -0.15) is 0 Å². The van der Waals surface area contributed by atoms with Crippen LogP contribution in [0.2, 0.25) is 0 Å². The van der Waals surface area contributed by atoms with E-state index in [0.29, 0.717) is 28.6 Å². The highest BCUT2D eigenvalue weighted by molar-refractivity contribution is 8.00. The number of thiazole rings is 1. The number of rotatable bonds is 9. The average Bonchev–Trinajstić information content (AvgIpc) is 3.26. The molecule has 1 aliphatic heterocycles. The third-order valence-electron chi connectivity index (χ3n) is 5.69. The van der Waals surface area contributed by atoms with E-state index in [0.717, 1.165) is 54.5 Å². The van der Waals surface area contributed by atoms with Gasteiger partial charge in [-0.25, -0.2) is 19.3 Å². The minimum atomic E-state index is -0.331. The summed E-state index contributed by atoms with van der Waals surface area (Å²) < 4.78 is 18.7. The summed E-state index contributed by atoms with van der Waals surface area (Å²) >= 11 is 2.99. The van der Waals surface area contributed by atoms with Crippen molar-refractivity contribution in [1.82, 2.24) is 15.0 Å². The summed E-state index contributed by atoms with van der Waals surface area (Å²) in [6, 6.07) is 7.11. The first-order valence-electron chi connectivity index (χ1n) is 11.2. The second kappa shape index (κ2) is 11.1. The number of anilines is 3. The molecule has 176 valence electrons. The van der Waals surface area contributed by atoms with Gasteiger partial charge < -0.3 is 20.5 Å². The molecular weight excluding hydrogens is 459 g/mol. The van der Waals surface area contributed by atoms with Crippen molar-refractivity contribution in [2.24, 2.45) is 5.92 Å². The maximum atomic E-state index is 15.5. The van der Waals surface area contributed by atoms with Gasteiger partial charge in [0.15, 0.2) is 10.9 Å². The maximum absolute atomic E-state index is 15.5. The van der Waals surface area contributed by atoms with E-state index >= 15 is 4.39 Å². The molecule has 0 atom stereocenters. The molecule has 1 fully saturated rings. The van der Waals surface area contributed by atoms with E-state index < -0.39 is 0 Å². The molecule has 3 heterocycles. The Kier molecular flexibility index (Phi) is 8.00. The summed E-state index contributed by atoms with van der Waals surface area (Å²) in [6.45, 7) is 4.04. The first kappa shape index (κ1) is 23.7. The number of piperidine rings is 1. The van der Waals surface area contributed by atoms with Crippen LogP contribution in [0.25, 0.3) is 21.8 Å². The Morgan fingerprint density at radius 3 is 2.82 bits per heavy atom. The Bertz CT molecular complexity index is 1070. The molecule has 0 unspecified atom stereocenters. The molecule has 4 rings (SSSR count). The van der Waals surface area contributed by atoms with Gasteiger partial charge in [0.05, 0.1) is 22.0 Å². The third-order valence-corrected chi connectivity index (χ3v) is 7.80. The second-order valence-electron chi connectivity index (χ2n) is 8.03. The number of aliphatic hydroxyl groups is 1. The second-order valence-corrected chi connectivity index (χ2v) is 9.91. The normalized spacial score (nSPS) is 14.6. The summed E-state index contributed by atoms with van der Waals surface area (Å²) in [5, 5.41) is 10.1. The fraction of sp³-hybridized carbons (Fsp3) is 0.435. The molecule has 1 aliphatic rings. The number of nitrogen functional groups attached to an aromatic ring is 1. The Labute approximate surface area is 201 Å². The highest BCUT2D eigenvalue weighted by atomic mass is 32.2. The monoisotopic (exact) mass is 488 g/mol. The van der Waals surface area contributed by atoms with Crippen molar-refractivity contribution in [1.29, 1.82) is 0 Å². The predicted octanol–water partition coefficient (Wildman–Crippen LogP) is 5.06. The number of nitrogens with two attached hydrogens (primary N) is 1. The van der Waals surface area contributed by atoms with Crippen molar-refractivity contribution < 1.29 is 9.50 Å². The number of halogens is 1. The van der Waals surface area contributed by atoms with Gasteiger partial charge in [0.1, 0.15) is 0 Å². The minimum Gasteiger partial charge on any atom is -0.396 e. The van der Waals surface area contributed by atoms with Gasteiger partial charge >= 0.3 is 0 Å². The number of nitrogens with zero attached hydrogens (tertiary/aromatic N) is 4. The standard InChI is InChI=1S/C23H29FN6OS2/c1-2-14-32-29-17-5-3-4-16(19(17)24)20-21(18-6-10-26-22(25)27-18)33-23(28-20)30-11-7-15(8-12-30)9-13-31/h3-6,10,15,29,31H,2,7-9,11-14H2,1H3,(H2,25,26,27). The molecule has 0 aliphatic carbocycles. The number of aliphatic hydroxyl groups excluding tert-OH is 1. The van der Waals surface area contributed by atoms with Crippen LogP contribution >= 0.6 is 23.3 Å². The predicted molar refractivity (Wildman–Crippen MR) is 136 cm³/mol. The largest absolute Gasteiger partial charge is 0.396 e. The van der Waals surface area contributed by atoms with E-state index in [2.05, 4.69) is 26.5 Å². The molecule has 33 heavy (non-hydrogen) atoms. The van der Waals surface area contributed by atoms with E-state index in [9.17, 15) is 5.11 Å². The molecule has 0 radical (unpaired) electrons. The zero-order valence-corrected chi connectivity index (χ0v) is 20.3. The van der Waals surface area contributed by atoms with Gasteiger partial charge in [-0.1, -0.05) is 36.3 Å². The lowest BCUT2D eigenvalue weighted by Gasteiger charge is -2.31. The highest BCUT2D eigenvalue weighted by Crippen LogP contribution is 2.42. The van der Waals surface area contributed by atoms with Crippen molar-refractivity contribution in [3.63, 3.8) is 0 Å². The van der Waals surface area contributed by atoms with Crippen LogP contribution < -0.4 is 15.4 Å². The third kappa shape index (κ3) is 5.56. The Balaban J connectivity index is 1.71. The molecule has 4 N–H and O–H groups in total. The topological polar surface area (TPSA) is 100 Å². The molecule has 7 nitrogen and oxygen atoms in total. The van der Waals surface area contributed by atoms with Crippen LogP contribution in [0.3, 0.4) is 0 Å². The zero-order valence-electron chi connectivity index (χ0n) is 18.6. The summed E-state index contributed by atoms with van der Waals surface area (Å²) in [7, 11) is 0. The van der Waals surface area contributed by atoms with E-state index in [1.165, 1.54) is 23.3 Å². The zero-order chi connectivity index (χ0) is 23.2. The Morgan fingerprint density at radius 2 is 2.09 bits per heavy atom. The molecule has 0 saturated carbocycles. The van der Waals surface area contributed by atoms with E-state index in [1.54, 1.807) is 24.4 Å². The number of aromatic nitrogens is 3. The average molecular weight is 489 g/mol. The lowest BCUT2D eigenvalue weighted by Crippen LogP contribution is -2.33. The van der Waals surface area contributed by atoms with Crippen molar-refractivity contribution in [2.75, 3.05) is 40.8 Å². The van der Waals surface area contributed by atoms with Crippen molar-refractivity contribution in [3.8, 4) is 21.8 Å². The fourth-order valence-electron chi connectivity index (χ4n) is 3.92. The molecule has 0 bridgehead atoms. The molecule has 2 aromatic heterocycles. The molecule has 1 aromatic carbocycles. The van der Waals surface area contributed by atoms with E-state index in [4.69, 9.17) is 10.7 Å². The number of hydrogen-bond donors (Lipinski definition) is 3. The summed E-state index contributed by atoms with van der Waals surface area (Å²) in [6.07, 6.45) is 5.46. The maximum Gasteiger partial charge on any atom is 0.220 e. The minimum absolute atomic E-state index is 0.171. The first-order valence-corrected chi connectivity index (χ1v) is 13.0. The number of hydrogen-bond acceptors (Lipinski definition) is 9. The van der Waals surface area contributed by atoms with Crippen molar-refractivity contribution in [3.05, 3.63) is 36.3 Å². The molecular formula is C23H29FN6OS2. The Hall–Kier alpha value is -2.43. The van der Waals surface area contributed by atoms with E-state index in [-0.39, 0.29) is 18.4 Å². The van der Waals surface area contributed by atoms with Gasteiger partial charge in [0, 0.05) is 37.2 Å². The molecule has 0 amide bonds. The molecule has 1 saturated heterocycles. The summed E-state index contributed by atoms with van der Waals surface area (Å²) in [5.74, 6) is 1.27. The van der Waals surface area contributed by atoms with Crippen molar-refractivity contribution in [2.45, 2.75) is 32.6 Å². The molecule has 10 heteroatoms. The summed E-state index contributed by atoms with van der Waals surface area (Å²) in [4.78, 5) is 16.3. The Morgan fingerprint density at radius 1 is 1.27 bits per heavy atom. The van der Waals surface area contributed by atoms with Crippen LogP contribution in [0.15, 0.2) is 30.5 Å². The van der Waals surface area contributed by atoms with Gasteiger partial charge in [-0.05, 0) is 49.8 Å². The smallest absolute Gasteiger partial charge is 0.220 e. The molecule has 0 spiro atoms. The van der Waals surface area contributed by atoms with Gasteiger partial charge in [-0.15, -0.1) is 0 Å². The SMILES string of the molecule is CCCSNc1cccc(-c2nc(N3CCC(CCO)CC3)sc2-c2ccnc(N)n2)c1F. The van der Waals surface area contributed by atoms with Crippen LogP contribution in [-0.4, -0.2) is 45.5 Å². The van der Waals surface area contributed by atoms with Crippen LogP contribution in [0.5, 0.6) is 0 Å². The van der Waals surface area contributed by atoms with Crippen LogP contribution in [0, 0.1) is 11.7 Å². The van der Waals surface area contributed by atoms with Gasteiger partial charge in [0.25, 0.3) is 0 Å². The molecule has 3 aromatic rings. The highest BCUT2D eigenvalue weighted by Gasteiger charge is 2.26. The quantitative estimate of drug-likeness (QED) is 0.284. The van der Waals surface area contributed by atoms with Gasteiger partial charge in [-0.3, -0.25) is 0 Å². The fourth-order valence-corrected chi connectivity index (χ4v) is 5.64. The first-order chi connectivity index (χ1) is 16.1. The lowest BCUT2D eigenvalue weighted by atomic mass is 9.94. The van der Waals surface area contributed by atoms with E-state index in [1.807, 2.05) is 6.07 Å². The number of nitrogens with one attached hydrogen (secondary N) is 1. The van der Waals surface area contributed by atoms with Crippen LogP contribution in [0.4, 0.5) is 21.2 Å². The number of benzene rings is 1. The van der Waals surface area contributed by atoms with Crippen LogP contribution in [0.1, 0.15) is 32.6 Å². The van der Waals surface area contributed by atoms with Crippen molar-refractivity contribution >= 4 is 40.1 Å². The van der Waals surface area contributed by atoms with Gasteiger partial charge in [0.2, 0.25) is 5.95 Å². The van der Waals surface area contributed by atoms with Crippen LogP contribution in [-0.2, 0) is 0 Å².